The lowest BCUT2D eigenvalue weighted by molar-refractivity contribution is -0.117. The third kappa shape index (κ3) is 4.69. The molecule has 1 aliphatic heterocycles. The maximum Gasteiger partial charge on any atom is 0.224 e. The van der Waals surface area contributed by atoms with Crippen molar-refractivity contribution in [2.24, 2.45) is 5.92 Å². The molecule has 7 rings (SSSR count). The lowest BCUT2D eigenvalue weighted by Gasteiger charge is -2.21. The Hall–Kier alpha value is -4.96. The van der Waals surface area contributed by atoms with E-state index >= 15 is 0 Å². The topological polar surface area (TPSA) is 137 Å². The standard InChI is InChI=1S/C30H27N9O/c40-27(12-18-5-9-31-10-6-18)35-21-13-20(16-33-17-21)23-3-4-25-29(37-23)30(39-38-25)26-14-22-24(36-26)7-11-34-28(22)19-2-1-8-32-15-19/h1-4,7-8,11,13-18,31,36H,5-6,9-10,12H2,(H,35,40)(H,38,39). The van der Waals surface area contributed by atoms with Gasteiger partial charge in [0.05, 0.1) is 34.5 Å². The van der Waals surface area contributed by atoms with Gasteiger partial charge in [0.2, 0.25) is 5.91 Å². The van der Waals surface area contributed by atoms with E-state index in [2.05, 4.69) is 46.8 Å². The van der Waals surface area contributed by atoms with Gasteiger partial charge in [0.15, 0.2) is 0 Å². The first-order chi connectivity index (χ1) is 19.7. The molecule has 0 unspecified atom stereocenters. The van der Waals surface area contributed by atoms with Gasteiger partial charge in [-0.15, -0.1) is 0 Å². The minimum Gasteiger partial charge on any atom is -0.353 e. The van der Waals surface area contributed by atoms with Crippen LogP contribution in [0.2, 0.25) is 0 Å². The fourth-order valence-electron chi connectivity index (χ4n) is 5.37. The number of nitrogens with zero attached hydrogens (tertiary/aromatic N) is 5. The van der Waals surface area contributed by atoms with Crippen LogP contribution in [0, 0.1) is 5.92 Å². The van der Waals surface area contributed by atoms with Crippen LogP contribution in [0.25, 0.3) is 55.8 Å². The second-order valence-corrected chi connectivity index (χ2v) is 10.1. The van der Waals surface area contributed by atoms with Gasteiger partial charge in [-0.05, 0) is 74.3 Å². The van der Waals surface area contributed by atoms with E-state index in [4.69, 9.17) is 4.98 Å². The monoisotopic (exact) mass is 529 g/mol. The summed E-state index contributed by atoms with van der Waals surface area (Å²) in [5.74, 6) is 0.437. The quantitative estimate of drug-likeness (QED) is 0.239. The number of rotatable bonds is 6. The Labute approximate surface area is 229 Å². The molecular formula is C30H27N9O. The largest absolute Gasteiger partial charge is 0.353 e. The lowest BCUT2D eigenvalue weighted by Crippen LogP contribution is -2.30. The molecule has 7 heterocycles. The molecule has 198 valence electrons. The van der Waals surface area contributed by atoms with E-state index in [-0.39, 0.29) is 5.91 Å². The number of anilines is 1. The zero-order chi connectivity index (χ0) is 26.9. The van der Waals surface area contributed by atoms with Crippen LogP contribution in [0.1, 0.15) is 19.3 Å². The highest BCUT2D eigenvalue weighted by Crippen LogP contribution is 2.33. The average Bonchev–Trinajstić information content (AvgIpc) is 3.62. The molecule has 1 fully saturated rings. The highest BCUT2D eigenvalue weighted by atomic mass is 16.1. The highest BCUT2D eigenvalue weighted by Gasteiger charge is 2.18. The number of fused-ring (bicyclic) bond motifs is 2. The van der Waals surface area contributed by atoms with Crippen molar-refractivity contribution < 1.29 is 4.79 Å². The Morgan fingerprint density at radius 2 is 1.82 bits per heavy atom. The molecule has 1 amide bonds. The number of aromatic nitrogens is 7. The SMILES string of the molecule is O=C(CC1CCNCC1)Nc1cncc(-c2ccc3[nH]nc(-c4cc5c(-c6cccnc6)nccc5[nH]4)c3n2)c1. The molecule has 0 radical (unpaired) electrons. The predicted molar refractivity (Wildman–Crippen MR) is 154 cm³/mol. The summed E-state index contributed by atoms with van der Waals surface area (Å²) < 4.78 is 0. The number of piperidine rings is 1. The fraction of sp³-hybridized carbons (Fsp3) is 0.200. The Morgan fingerprint density at radius 1 is 0.925 bits per heavy atom. The first-order valence-electron chi connectivity index (χ1n) is 13.4. The van der Waals surface area contributed by atoms with Gasteiger partial charge in [0.1, 0.15) is 11.2 Å². The second-order valence-electron chi connectivity index (χ2n) is 10.1. The van der Waals surface area contributed by atoms with Gasteiger partial charge in [-0.25, -0.2) is 4.98 Å². The number of pyridine rings is 4. The number of nitrogens with one attached hydrogen (secondary N) is 4. The van der Waals surface area contributed by atoms with Crippen molar-refractivity contribution in [1.29, 1.82) is 0 Å². The van der Waals surface area contributed by atoms with Gasteiger partial charge in [0, 0.05) is 53.2 Å². The minimum absolute atomic E-state index is 0.0188. The zero-order valence-corrected chi connectivity index (χ0v) is 21.7. The molecule has 0 atom stereocenters. The van der Waals surface area contributed by atoms with Gasteiger partial charge in [0.25, 0.3) is 0 Å². The molecule has 0 spiro atoms. The summed E-state index contributed by atoms with van der Waals surface area (Å²) in [6, 6.07) is 13.7. The average molecular weight is 530 g/mol. The zero-order valence-electron chi connectivity index (χ0n) is 21.7. The molecular weight excluding hydrogens is 502 g/mol. The number of aromatic amines is 2. The van der Waals surface area contributed by atoms with Crippen LogP contribution in [0.15, 0.2) is 73.4 Å². The summed E-state index contributed by atoms with van der Waals surface area (Å²) in [4.78, 5) is 34.3. The number of amides is 1. The summed E-state index contributed by atoms with van der Waals surface area (Å²) >= 11 is 0. The molecule has 0 saturated carbocycles. The highest BCUT2D eigenvalue weighted by molar-refractivity contribution is 5.99. The van der Waals surface area contributed by atoms with E-state index in [1.165, 1.54) is 0 Å². The molecule has 0 aromatic carbocycles. The summed E-state index contributed by atoms with van der Waals surface area (Å²) in [7, 11) is 0. The van der Waals surface area contributed by atoms with Gasteiger partial charge in [-0.3, -0.25) is 24.8 Å². The molecule has 4 N–H and O–H groups in total. The molecule has 10 nitrogen and oxygen atoms in total. The molecule has 6 aromatic heterocycles. The molecule has 10 heteroatoms. The van der Waals surface area contributed by atoms with Crippen LogP contribution in [0.4, 0.5) is 5.69 Å². The molecule has 1 aliphatic rings. The molecule has 1 saturated heterocycles. The van der Waals surface area contributed by atoms with Crippen molar-refractivity contribution in [3.8, 4) is 33.9 Å². The number of carbonyl (C=O) groups excluding carboxylic acids is 1. The maximum atomic E-state index is 12.7. The van der Waals surface area contributed by atoms with E-state index in [0.717, 1.165) is 76.1 Å². The fourth-order valence-corrected chi connectivity index (χ4v) is 5.37. The van der Waals surface area contributed by atoms with E-state index < -0.39 is 0 Å². The summed E-state index contributed by atoms with van der Waals surface area (Å²) in [5, 5.41) is 15.0. The van der Waals surface area contributed by atoms with E-state index in [9.17, 15) is 4.79 Å². The van der Waals surface area contributed by atoms with Gasteiger partial charge < -0.3 is 15.6 Å². The van der Waals surface area contributed by atoms with Crippen molar-refractivity contribution in [3.05, 3.63) is 73.4 Å². The molecule has 0 bridgehead atoms. The van der Waals surface area contributed by atoms with Crippen LogP contribution < -0.4 is 10.6 Å². The van der Waals surface area contributed by atoms with E-state index in [1.807, 2.05) is 42.6 Å². The van der Waals surface area contributed by atoms with E-state index in [0.29, 0.717) is 23.7 Å². The van der Waals surface area contributed by atoms with Crippen molar-refractivity contribution in [3.63, 3.8) is 0 Å². The van der Waals surface area contributed by atoms with Crippen molar-refractivity contribution in [2.75, 3.05) is 18.4 Å². The Balaban J connectivity index is 1.19. The smallest absolute Gasteiger partial charge is 0.224 e. The Bertz CT molecular complexity index is 1820. The number of hydrogen-bond donors (Lipinski definition) is 4. The lowest BCUT2D eigenvalue weighted by atomic mass is 9.94. The van der Waals surface area contributed by atoms with Crippen LogP contribution >= 0.6 is 0 Å². The minimum atomic E-state index is 0.0188. The Morgan fingerprint density at radius 3 is 2.70 bits per heavy atom. The van der Waals surface area contributed by atoms with Crippen LogP contribution in [0.5, 0.6) is 0 Å². The van der Waals surface area contributed by atoms with Crippen molar-refractivity contribution in [1.82, 2.24) is 40.4 Å². The summed E-state index contributed by atoms with van der Waals surface area (Å²) in [6.07, 6.45) is 11.4. The van der Waals surface area contributed by atoms with Crippen molar-refractivity contribution in [2.45, 2.75) is 19.3 Å². The predicted octanol–water partition coefficient (Wildman–Crippen LogP) is 4.95. The van der Waals surface area contributed by atoms with Crippen LogP contribution in [0.3, 0.4) is 0 Å². The molecule has 6 aromatic rings. The first kappa shape index (κ1) is 24.1. The normalized spacial score (nSPS) is 14.1. The maximum absolute atomic E-state index is 12.7. The number of carbonyl (C=O) groups is 1. The molecule has 40 heavy (non-hydrogen) atoms. The third-order valence-electron chi connectivity index (χ3n) is 7.40. The van der Waals surface area contributed by atoms with Gasteiger partial charge in [-0.2, -0.15) is 5.10 Å². The number of hydrogen-bond acceptors (Lipinski definition) is 7. The van der Waals surface area contributed by atoms with Gasteiger partial charge >= 0.3 is 0 Å². The third-order valence-corrected chi connectivity index (χ3v) is 7.40. The van der Waals surface area contributed by atoms with E-state index in [1.54, 1.807) is 24.8 Å². The van der Waals surface area contributed by atoms with Gasteiger partial charge in [-0.1, -0.05) is 0 Å². The Kier molecular flexibility index (Phi) is 6.21. The molecule has 0 aliphatic carbocycles. The van der Waals surface area contributed by atoms with Crippen LogP contribution in [-0.2, 0) is 4.79 Å². The second kappa shape index (κ2) is 10.3. The van der Waals surface area contributed by atoms with Crippen LogP contribution in [-0.4, -0.2) is 54.1 Å². The number of H-pyrrole nitrogens is 2. The van der Waals surface area contributed by atoms with Crippen molar-refractivity contribution >= 4 is 33.5 Å². The first-order valence-corrected chi connectivity index (χ1v) is 13.4. The summed E-state index contributed by atoms with van der Waals surface area (Å²) in [5.41, 5.74) is 8.07. The summed E-state index contributed by atoms with van der Waals surface area (Å²) in [6.45, 7) is 1.94.